The minimum atomic E-state index is -1.17. The smallest absolute Gasteiger partial charge is 0.408 e. The molecule has 0 radical (unpaired) electrons. The van der Waals surface area contributed by atoms with Crippen molar-refractivity contribution < 1.29 is 29.0 Å². The lowest BCUT2D eigenvalue weighted by atomic mass is 9.85. The maximum atomic E-state index is 13.5. The first-order valence-corrected chi connectivity index (χ1v) is 11.2. The molecule has 3 rings (SSSR count). The second-order valence-corrected chi connectivity index (χ2v) is 9.70. The predicted molar refractivity (Wildman–Crippen MR) is 119 cm³/mol. The van der Waals surface area contributed by atoms with E-state index in [9.17, 15) is 19.5 Å². The van der Waals surface area contributed by atoms with E-state index < -0.39 is 35.5 Å². The highest BCUT2D eigenvalue weighted by Gasteiger charge is 2.45. The van der Waals surface area contributed by atoms with E-state index in [1.54, 1.807) is 25.7 Å². The number of ether oxygens (including phenoxy) is 2. The number of carbonyl (C=O) groups is 3. The number of anilines is 1. The van der Waals surface area contributed by atoms with Crippen molar-refractivity contribution in [3.63, 3.8) is 0 Å². The van der Waals surface area contributed by atoms with Gasteiger partial charge in [-0.3, -0.25) is 4.79 Å². The summed E-state index contributed by atoms with van der Waals surface area (Å²) in [5.41, 5.74) is -0.691. The van der Waals surface area contributed by atoms with Crippen LogP contribution in [0.15, 0.2) is 6.07 Å². The topological polar surface area (TPSA) is 134 Å². The first kappa shape index (κ1) is 24.8. The maximum absolute atomic E-state index is 13.5. The molecule has 1 saturated carbocycles. The Hall–Kier alpha value is -2.82. The third-order valence-corrected chi connectivity index (χ3v) is 5.97. The van der Waals surface area contributed by atoms with E-state index >= 15 is 0 Å². The molecule has 0 spiro atoms. The van der Waals surface area contributed by atoms with Crippen molar-refractivity contribution in [2.45, 2.75) is 64.6 Å². The molecule has 2 fully saturated rings. The summed E-state index contributed by atoms with van der Waals surface area (Å²) in [5.74, 6) is -1.36. The lowest BCUT2D eigenvalue weighted by molar-refractivity contribution is -0.149. The number of methoxy groups -OCH3 is 1. The van der Waals surface area contributed by atoms with E-state index in [4.69, 9.17) is 21.1 Å². The van der Waals surface area contributed by atoms with Crippen molar-refractivity contribution >= 4 is 35.4 Å². The van der Waals surface area contributed by atoms with Crippen LogP contribution in [0.25, 0.3) is 0 Å². The molecule has 12 heteroatoms. The number of rotatable bonds is 6. The molecule has 2 N–H and O–H groups in total. The zero-order valence-corrected chi connectivity index (χ0v) is 20.0. The fourth-order valence-corrected chi connectivity index (χ4v) is 4.18. The van der Waals surface area contributed by atoms with Gasteiger partial charge in [0.25, 0.3) is 0 Å². The summed E-state index contributed by atoms with van der Waals surface area (Å²) in [6, 6.07) is -0.639. The molecule has 33 heavy (non-hydrogen) atoms. The average molecular weight is 484 g/mol. The number of hydrogen-bond acceptors (Lipinski definition) is 8. The molecule has 0 bridgehead atoms. The number of aliphatic carboxylic acids is 1. The SMILES string of the molecule is COc1nc(Cl)cc(N2C[C@@H](C(=O)O)N(C(=O)[C@@H](NC(=O)OC3CCCC3)C(C)(C)C)C2)n1. The summed E-state index contributed by atoms with van der Waals surface area (Å²) in [4.78, 5) is 49.0. The van der Waals surface area contributed by atoms with E-state index in [0.717, 1.165) is 25.7 Å². The molecule has 11 nitrogen and oxygen atoms in total. The van der Waals surface area contributed by atoms with Gasteiger partial charge in [-0.05, 0) is 31.1 Å². The quantitative estimate of drug-likeness (QED) is 0.584. The first-order valence-electron chi connectivity index (χ1n) is 10.8. The molecule has 1 aromatic heterocycles. The number of hydrogen-bond donors (Lipinski definition) is 2. The van der Waals surface area contributed by atoms with Crippen molar-refractivity contribution in [3.05, 3.63) is 11.2 Å². The second-order valence-electron chi connectivity index (χ2n) is 9.32. The molecule has 1 saturated heterocycles. The lowest BCUT2D eigenvalue weighted by Gasteiger charge is -2.34. The van der Waals surface area contributed by atoms with Gasteiger partial charge in [0, 0.05) is 6.07 Å². The third-order valence-electron chi connectivity index (χ3n) is 5.78. The zero-order valence-electron chi connectivity index (χ0n) is 19.2. The Morgan fingerprint density at radius 3 is 2.48 bits per heavy atom. The molecular weight excluding hydrogens is 454 g/mol. The van der Waals surface area contributed by atoms with Gasteiger partial charge in [-0.15, -0.1) is 0 Å². The summed E-state index contributed by atoms with van der Waals surface area (Å²) in [7, 11) is 1.39. The van der Waals surface area contributed by atoms with Crippen LogP contribution >= 0.6 is 11.6 Å². The number of alkyl carbamates (subject to hydrolysis) is 1. The molecule has 182 valence electrons. The molecule has 0 unspecified atom stereocenters. The predicted octanol–water partition coefficient (Wildman–Crippen LogP) is 2.28. The summed E-state index contributed by atoms with van der Waals surface area (Å²) in [5, 5.41) is 12.6. The van der Waals surface area contributed by atoms with E-state index in [1.807, 2.05) is 0 Å². The van der Waals surface area contributed by atoms with Gasteiger partial charge in [0.05, 0.1) is 20.3 Å². The zero-order chi connectivity index (χ0) is 24.3. The van der Waals surface area contributed by atoms with Gasteiger partial charge in [-0.1, -0.05) is 32.4 Å². The van der Waals surface area contributed by atoms with E-state index in [0.29, 0.717) is 5.82 Å². The van der Waals surface area contributed by atoms with Crippen molar-refractivity contribution in [2.24, 2.45) is 5.41 Å². The Morgan fingerprint density at radius 2 is 1.91 bits per heavy atom. The largest absolute Gasteiger partial charge is 0.480 e. The number of carboxylic acid groups (broad SMARTS) is 1. The van der Waals surface area contributed by atoms with Gasteiger partial charge in [0.2, 0.25) is 5.91 Å². The van der Waals surface area contributed by atoms with Gasteiger partial charge < -0.3 is 29.7 Å². The third kappa shape index (κ3) is 5.95. The molecule has 2 amide bonds. The van der Waals surface area contributed by atoms with Gasteiger partial charge in [0.1, 0.15) is 29.2 Å². The molecule has 2 atom stereocenters. The fraction of sp³-hybridized carbons (Fsp3) is 0.667. The van der Waals surface area contributed by atoms with Crippen LogP contribution in [0.5, 0.6) is 6.01 Å². The Morgan fingerprint density at radius 1 is 1.24 bits per heavy atom. The molecule has 1 aliphatic heterocycles. The molecular formula is C21H30ClN5O6. The van der Waals surface area contributed by atoms with Crippen LogP contribution in [0.4, 0.5) is 10.6 Å². The minimum Gasteiger partial charge on any atom is -0.480 e. The first-order chi connectivity index (χ1) is 15.5. The monoisotopic (exact) mass is 483 g/mol. The van der Waals surface area contributed by atoms with E-state index in [1.165, 1.54) is 18.1 Å². The molecule has 1 aliphatic carbocycles. The highest BCUT2D eigenvalue weighted by Crippen LogP contribution is 2.28. The van der Waals surface area contributed by atoms with Crippen molar-refractivity contribution in [1.29, 1.82) is 0 Å². The van der Waals surface area contributed by atoms with Crippen LogP contribution in [0.1, 0.15) is 46.5 Å². The van der Waals surface area contributed by atoms with E-state index in [-0.39, 0.29) is 30.5 Å². The van der Waals surface area contributed by atoms with E-state index in [2.05, 4.69) is 15.3 Å². The summed E-state index contributed by atoms with van der Waals surface area (Å²) < 4.78 is 10.5. The molecule has 1 aromatic rings. The normalized spacial score (nSPS) is 20.0. The number of carboxylic acids is 1. The van der Waals surface area contributed by atoms with Crippen LogP contribution in [-0.4, -0.2) is 76.5 Å². The number of carbonyl (C=O) groups excluding carboxylic acids is 2. The van der Waals surface area contributed by atoms with Crippen molar-refractivity contribution in [3.8, 4) is 6.01 Å². The van der Waals surface area contributed by atoms with Crippen LogP contribution in [0.3, 0.4) is 0 Å². The lowest BCUT2D eigenvalue weighted by Crippen LogP contribution is -2.57. The second kappa shape index (κ2) is 9.98. The molecule has 2 heterocycles. The highest BCUT2D eigenvalue weighted by atomic mass is 35.5. The van der Waals surface area contributed by atoms with Crippen LogP contribution in [-0.2, 0) is 14.3 Å². The number of halogens is 1. The van der Waals surface area contributed by atoms with Crippen molar-refractivity contribution in [1.82, 2.24) is 20.2 Å². The molecule has 0 aromatic carbocycles. The number of amides is 2. The number of nitrogens with one attached hydrogen (secondary N) is 1. The Bertz CT molecular complexity index is 902. The number of aromatic nitrogens is 2. The Labute approximate surface area is 197 Å². The standard InChI is InChI=1S/C21H30ClN5O6/c1-21(2,3)16(25-20(31)33-12-7-5-6-8-12)17(28)27-11-26(10-13(27)18(29)30)15-9-14(22)23-19(24-15)32-4/h9,12-13,16H,5-8,10-11H2,1-4H3,(H,25,31)(H,29,30)/t13-,16+/m0/s1. The average Bonchev–Trinajstić information content (AvgIpc) is 3.40. The minimum absolute atomic E-state index is 0.0129. The Balaban J connectivity index is 1.80. The van der Waals surface area contributed by atoms with Crippen molar-refractivity contribution in [2.75, 3.05) is 25.2 Å². The maximum Gasteiger partial charge on any atom is 0.408 e. The summed E-state index contributed by atoms with van der Waals surface area (Å²) >= 11 is 6.03. The van der Waals surface area contributed by atoms with Crippen LogP contribution in [0, 0.1) is 5.41 Å². The highest BCUT2D eigenvalue weighted by molar-refractivity contribution is 6.29. The van der Waals surface area contributed by atoms with Gasteiger partial charge in [-0.2, -0.15) is 9.97 Å². The van der Waals surface area contributed by atoms with Gasteiger partial charge in [0.15, 0.2) is 0 Å². The fourth-order valence-electron chi connectivity index (χ4n) is 4.01. The molecule has 2 aliphatic rings. The van der Waals surface area contributed by atoms with Gasteiger partial charge >= 0.3 is 18.1 Å². The van der Waals surface area contributed by atoms with Gasteiger partial charge in [-0.25, -0.2) is 9.59 Å². The van der Waals surface area contributed by atoms with Crippen LogP contribution in [0.2, 0.25) is 5.15 Å². The summed E-state index contributed by atoms with van der Waals surface area (Å²) in [6.07, 6.45) is 2.77. The van der Waals surface area contributed by atoms with Crippen LogP contribution < -0.4 is 15.0 Å². The Kier molecular flexibility index (Phi) is 7.51. The number of nitrogens with zero attached hydrogens (tertiary/aromatic N) is 4. The summed E-state index contributed by atoms with van der Waals surface area (Å²) in [6.45, 7) is 5.32.